The third kappa shape index (κ3) is 62.6. The van der Waals surface area contributed by atoms with E-state index in [9.17, 15) is 43.2 Å². The highest BCUT2D eigenvalue weighted by atomic mass is 31.2. The fourth-order valence-corrected chi connectivity index (χ4v) is 11.8. The Bertz CT molecular complexity index is 1700. The minimum Gasteiger partial charge on any atom is -0.462 e. The Kier molecular flexibility index (Phi) is 59.0. The monoisotopic (exact) mass is 1280 g/mol. The highest BCUT2D eigenvalue weighted by molar-refractivity contribution is 7.47. The van der Waals surface area contributed by atoms with Crippen LogP contribution in [0.4, 0.5) is 0 Å². The molecule has 0 rings (SSSR count). The van der Waals surface area contributed by atoms with Gasteiger partial charge in [-0.2, -0.15) is 0 Å². The summed E-state index contributed by atoms with van der Waals surface area (Å²) in [6.07, 6.45) is 44.5. The lowest BCUT2D eigenvalue weighted by molar-refractivity contribution is -0.161. The number of hydrogen-bond acceptors (Lipinski definition) is 15. The first-order valence-electron chi connectivity index (χ1n) is 35.5. The molecule has 0 saturated carbocycles. The van der Waals surface area contributed by atoms with Gasteiger partial charge in [0.2, 0.25) is 0 Å². The number of carbonyl (C=O) groups is 4. The van der Waals surface area contributed by atoms with Crippen LogP contribution in [0.3, 0.4) is 0 Å². The molecule has 0 radical (unpaired) electrons. The Morgan fingerprint density at radius 3 is 0.782 bits per heavy atom. The summed E-state index contributed by atoms with van der Waals surface area (Å²) in [4.78, 5) is 72.3. The molecule has 0 spiro atoms. The first kappa shape index (κ1) is 85.1. The van der Waals surface area contributed by atoms with E-state index in [4.69, 9.17) is 37.0 Å². The van der Waals surface area contributed by atoms with Crippen LogP contribution in [0.2, 0.25) is 0 Å². The molecule has 17 nitrogen and oxygen atoms in total. The van der Waals surface area contributed by atoms with Crippen LogP contribution in [-0.4, -0.2) is 96.7 Å². The third-order valence-corrected chi connectivity index (χ3v) is 17.6. The molecule has 0 heterocycles. The molecule has 19 heteroatoms. The summed E-state index contributed by atoms with van der Waals surface area (Å²) < 4.78 is 68.1. The smallest absolute Gasteiger partial charge is 0.462 e. The van der Waals surface area contributed by atoms with E-state index >= 15 is 0 Å². The number of unbranched alkanes of at least 4 members (excludes halogenated alkanes) is 37. The first-order chi connectivity index (χ1) is 41.9. The highest BCUT2D eigenvalue weighted by Gasteiger charge is 2.30. The molecule has 2 unspecified atom stereocenters. The second kappa shape index (κ2) is 60.3. The van der Waals surface area contributed by atoms with Crippen molar-refractivity contribution in [1.29, 1.82) is 0 Å². The van der Waals surface area contributed by atoms with Gasteiger partial charge in [0.15, 0.2) is 12.2 Å². The van der Waals surface area contributed by atoms with Crippen molar-refractivity contribution in [2.75, 3.05) is 39.6 Å². The van der Waals surface area contributed by atoms with E-state index in [0.717, 1.165) is 115 Å². The zero-order valence-corrected chi connectivity index (χ0v) is 58.1. The van der Waals surface area contributed by atoms with Crippen molar-refractivity contribution in [3.8, 4) is 0 Å². The van der Waals surface area contributed by atoms with Crippen molar-refractivity contribution in [1.82, 2.24) is 0 Å². The maximum Gasteiger partial charge on any atom is 0.472 e. The number of ether oxygens (including phenoxy) is 4. The second-order valence-corrected chi connectivity index (χ2v) is 28.4. The molecule has 3 N–H and O–H groups in total. The minimum atomic E-state index is -4.95. The molecule has 0 aliphatic carbocycles. The molecule has 0 aromatic rings. The summed E-state index contributed by atoms with van der Waals surface area (Å²) >= 11 is 0. The lowest BCUT2D eigenvalue weighted by atomic mass is 10.0. The Morgan fingerprint density at radius 1 is 0.310 bits per heavy atom. The molecule has 5 atom stereocenters. The second-order valence-electron chi connectivity index (χ2n) is 25.5. The SMILES string of the molecule is CCCCCCCCCCCCCCC(=O)O[C@H](COC(=O)CCCCCCCCC)COP(=O)(O)OC[C@H](O)COP(=O)(O)OC[C@@H](COC(=O)CCCCCCCCCCCC(C)C)OC(=O)CCCCCCCCCCCCCCCC(C)C. The normalized spacial score (nSPS) is 14.2. The van der Waals surface area contributed by atoms with Gasteiger partial charge in [0.05, 0.1) is 26.4 Å². The van der Waals surface area contributed by atoms with Gasteiger partial charge in [-0.05, 0) is 37.5 Å². The molecule has 0 aliphatic heterocycles. The van der Waals surface area contributed by atoms with Crippen LogP contribution in [0.15, 0.2) is 0 Å². The Labute approximate surface area is 530 Å². The largest absolute Gasteiger partial charge is 0.472 e. The fraction of sp³-hybridized carbons (Fsp3) is 0.941. The van der Waals surface area contributed by atoms with Crippen molar-refractivity contribution in [3.63, 3.8) is 0 Å². The van der Waals surface area contributed by atoms with Crippen LogP contribution in [0.25, 0.3) is 0 Å². The molecule has 0 bridgehead atoms. The number of aliphatic hydroxyl groups is 1. The van der Waals surface area contributed by atoms with Crippen molar-refractivity contribution < 1.29 is 80.2 Å². The van der Waals surface area contributed by atoms with Crippen LogP contribution in [0, 0.1) is 11.8 Å². The highest BCUT2D eigenvalue weighted by Crippen LogP contribution is 2.45. The van der Waals surface area contributed by atoms with Gasteiger partial charge in [0.1, 0.15) is 19.3 Å². The van der Waals surface area contributed by atoms with E-state index < -0.39 is 97.5 Å². The zero-order chi connectivity index (χ0) is 64.3. The number of phosphoric acid groups is 2. The maximum absolute atomic E-state index is 13.0. The quantitative estimate of drug-likeness (QED) is 0.0222. The van der Waals surface area contributed by atoms with Crippen LogP contribution < -0.4 is 0 Å². The number of rotatable bonds is 67. The van der Waals surface area contributed by atoms with E-state index in [0.29, 0.717) is 25.7 Å². The van der Waals surface area contributed by atoms with Gasteiger partial charge in [-0.1, -0.05) is 292 Å². The maximum atomic E-state index is 13.0. The van der Waals surface area contributed by atoms with E-state index in [1.807, 2.05) is 0 Å². The summed E-state index contributed by atoms with van der Waals surface area (Å²) in [7, 11) is -9.89. The van der Waals surface area contributed by atoms with Gasteiger partial charge < -0.3 is 33.8 Å². The van der Waals surface area contributed by atoms with Gasteiger partial charge in [0, 0.05) is 25.7 Å². The van der Waals surface area contributed by atoms with Crippen LogP contribution in [0.5, 0.6) is 0 Å². The molecule has 0 saturated heterocycles. The van der Waals surface area contributed by atoms with Gasteiger partial charge >= 0.3 is 39.5 Å². The number of phosphoric ester groups is 2. The van der Waals surface area contributed by atoms with Crippen molar-refractivity contribution in [2.45, 2.75) is 362 Å². The molecule has 87 heavy (non-hydrogen) atoms. The van der Waals surface area contributed by atoms with Crippen LogP contribution in [0.1, 0.15) is 343 Å². The van der Waals surface area contributed by atoms with Crippen molar-refractivity contribution in [2.24, 2.45) is 11.8 Å². The minimum absolute atomic E-state index is 0.107. The molecular formula is C68H132O17P2. The summed E-state index contributed by atoms with van der Waals surface area (Å²) in [5.41, 5.74) is 0. The number of aliphatic hydroxyl groups excluding tert-OH is 1. The average Bonchev–Trinajstić information content (AvgIpc) is 3.54. The molecule has 0 aromatic carbocycles. The van der Waals surface area contributed by atoms with E-state index in [2.05, 4.69) is 41.5 Å². The Hall–Kier alpha value is -1.94. The summed E-state index contributed by atoms with van der Waals surface area (Å²) in [5, 5.41) is 10.6. The predicted octanol–water partition coefficient (Wildman–Crippen LogP) is 19.2. The summed E-state index contributed by atoms with van der Waals surface area (Å²) in [6, 6.07) is 0. The van der Waals surface area contributed by atoms with Gasteiger partial charge in [-0.15, -0.1) is 0 Å². The number of carbonyl (C=O) groups excluding carboxylic acids is 4. The molecule has 516 valence electrons. The van der Waals surface area contributed by atoms with E-state index in [1.54, 1.807) is 0 Å². The average molecular weight is 1280 g/mol. The fourth-order valence-electron chi connectivity index (χ4n) is 10.2. The van der Waals surface area contributed by atoms with E-state index in [1.165, 1.54) is 148 Å². The van der Waals surface area contributed by atoms with Crippen molar-refractivity contribution >= 4 is 39.5 Å². The molecule has 0 fully saturated rings. The van der Waals surface area contributed by atoms with Crippen molar-refractivity contribution in [3.05, 3.63) is 0 Å². The third-order valence-electron chi connectivity index (χ3n) is 15.7. The molecule has 0 aromatic heterocycles. The zero-order valence-electron chi connectivity index (χ0n) is 56.3. The Morgan fingerprint density at radius 2 is 0.529 bits per heavy atom. The first-order valence-corrected chi connectivity index (χ1v) is 38.5. The van der Waals surface area contributed by atoms with Gasteiger partial charge in [-0.25, -0.2) is 9.13 Å². The molecule has 0 aliphatic rings. The topological polar surface area (TPSA) is 237 Å². The Balaban J connectivity index is 5.21. The van der Waals surface area contributed by atoms with E-state index in [-0.39, 0.29) is 25.7 Å². The standard InChI is InChI=1S/C68H132O17P2/c1-7-9-11-13-15-16-17-22-27-34-40-46-52-67(72)84-63(56-78-65(70)50-44-38-30-14-12-10-8-2)58-82-86(74,75)80-54-62(69)55-81-87(76,77)83-59-64(57-79-66(71)51-45-39-33-29-24-26-32-37-43-49-61(5)6)85-68(73)53-47-41-35-28-23-20-18-19-21-25-31-36-42-48-60(3)4/h60-64,69H,7-59H2,1-6H3,(H,74,75)(H,76,77)/t62-,63+,64+/m0/s1. The summed E-state index contributed by atoms with van der Waals surface area (Å²) in [6.45, 7) is 9.49. The number of hydrogen-bond donors (Lipinski definition) is 3. The number of esters is 4. The molecular weight excluding hydrogens is 1150 g/mol. The molecule has 0 amide bonds. The van der Waals surface area contributed by atoms with Gasteiger partial charge in [-0.3, -0.25) is 37.3 Å². The predicted molar refractivity (Wildman–Crippen MR) is 349 cm³/mol. The summed E-state index contributed by atoms with van der Waals surface area (Å²) in [5.74, 6) is -0.600. The van der Waals surface area contributed by atoms with Crippen LogP contribution in [-0.2, 0) is 65.4 Å². The van der Waals surface area contributed by atoms with Crippen LogP contribution >= 0.6 is 15.6 Å². The lowest BCUT2D eigenvalue weighted by Gasteiger charge is -2.21. The van der Waals surface area contributed by atoms with Gasteiger partial charge in [0.25, 0.3) is 0 Å². The lowest BCUT2D eigenvalue weighted by Crippen LogP contribution is -2.30.